The van der Waals surface area contributed by atoms with Gasteiger partial charge in [-0.15, -0.1) is 0 Å². The second-order valence-electron chi connectivity index (χ2n) is 34.7. The molecule has 0 radical (unpaired) electrons. The summed E-state index contributed by atoms with van der Waals surface area (Å²) in [4.78, 5) is 8.07. The highest BCUT2D eigenvalue weighted by atomic mass is 15.2. The Labute approximate surface area is 583 Å². The van der Waals surface area contributed by atoms with Crippen LogP contribution in [-0.2, 0) is 32.5 Å². The maximum atomic E-state index is 5.41. The zero-order valence-electron chi connectivity index (χ0n) is 60.0. The van der Waals surface area contributed by atoms with Gasteiger partial charge in [0.25, 0.3) is 6.71 Å². The molecule has 0 bridgehead atoms. The second-order valence-corrected chi connectivity index (χ2v) is 34.7. The standard InChI is InChI=1S/C95H86BN3/c1-90(2,3)58-33-36-60(37-34-58)98-79-41-35-59(91(4,5)6)51-77(79)96-78-52-70-66-28-18-16-24-62(66)64-26-20-22-30-68(64)85(70)87-86-80(42-38-69-65-27-17-15-23-61(65)63-25-19-21-29-67(63)84(69)86)99(89(78)87)82-50-57(49-81(98)88(82)96)83-71(55-31-39-73-75(47-55)94(11,12)45-43-92(73,7)8)53-97-54-72(83)56-32-40-74-76(48-56)95(13,14)46-44-93(74,9)10/h15-42,47-54H,43-46H2,1-14H3. The van der Waals surface area contributed by atoms with Crippen molar-refractivity contribution >= 4 is 127 Å². The molecule has 0 atom stereocenters. The average molecular weight is 1280 g/mol. The van der Waals surface area contributed by atoms with E-state index in [-0.39, 0.29) is 39.2 Å². The van der Waals surface area contributed by atoms with Crippen LogP contribution in [0.3, 0.4) is 0 Å². The molecule has 4 aliphatic rings. The van der Waals surface area contributed by atoms with E-state index in [1.165, 1.54) is 176 Å². The van der Waals surface area contributed by atoms with Crippen molar-refractivity contribution < 1.29 is 0 Å². The monoisotopic (exact) mass is 1280 g/mol. The predicted octanol–water partition coefficient (Wildman–Crippen LogP) is 24.0. The molecule has 3 nitrogen and oxygen atoms in total. The second kappa shape index (κ2) is 20.4. The fourth-order valence-electron chi connectivity index (χ4n) is 19.2. The van der Waals surface area contributed by atoms with Crippen LogP contribution in [0.25, 0.3) is 126 Å². The van der Waals surface area contributed by atoms with Gasteiger partial charge in [-0.1, -0.05) is 267 Å². The quantitative estimate of drug-likeness (QED) is 0.129. The van der Waals surface area contributed by atoms with E-state index in [2.05, 4.69) is 325 Å². The molecule has 0 saturated heterocycles. The van der Waals surface area contributed by atoms with Crippen LogP contribution in [0.2, 0.25) is 0 Å². The summed E-state index contributed by atoms with van der Waals surface area (Å²) in [5, 5.41) is 18.0. The molecule has 2 aliphatic carbocycles. The first-order chi connectivity index (χ1) is 47.4. The lowest BCUT2D eigenvalue weighted by Gasteiger charge is -2.42. The Morgan fingerprint density at radius 1 is 0.354 bits per heavy atom. The molecule has 0 spiro atoms. The minimum atomic E-state index is -0.155. The first-order valence-electron chi connectivity index (χ1n) is 36.5. The highest BCUT2D eigenvalue weighted by Crippen LogP contribution is 2.55. The average Bonchev–Trinajstić information content (AvgIpc) is 1.55. The van der Waals surface area contributed by atoms with Crippen molar-refractivity contribution in [3.63, 3.8) is 0 Å². The van der Waals surface area contributed by atoms with E-state index in [0.29, 0.717) is 0 Å². The molecule has 19 rings (SSSR count). The molecule has 0 unspecified atom stereocenters. The number of anilines is 3. The molecule has 4 heteroatoms. The van der Waals surface area contributed by atoms with E-state index in [1.807, 2.05) is 0 Å². The van der Waals surface area contributed by atoms with Crippen LogP contribution < -0.4 is 21.3 Å². The maximum Gasteiger partial charge on any atom is 0.252 e. The molecule has 2 aliphatic heterocycles. The lowest BCUT2D eigenvalue weighted by atomic mass is 9.33. The minimum Gasteiger partial charge on any atom is -0.311 e. The van der Waals surface area contributed by atoms with Crippen molar-refractivity contribution in [2.75, 3.05) is 4.90 Å². The molecule has 484 valence electrons. The molecule has 15 aromatic rings. The maximum absolute atomic E-state index is 5.41. The predicted molar refractivity (Wildman–Crippen MR) is 427 cm³/mol. The Balaban J connectivity index is 1.04. The molecule has 0 fully saturated rings. The number of aromatic nitrogens is 2. The summed E-state index contributed by atoms with van der Waals surface area (Å²) in [5.41, 5.74) is 26.8. The Kier molecular flexibility index (Phi) is 12.5. The van der Waals surface area contributed by atoms with Crippen LogP contribution in [0.5, 0.6) is 0 Å². The smallest absolute Gasteiger partial charge is 0.252 e. The number of pyridine rings is 1. The number of fused-ring (bicyclic) bond motifs is 23. The van der Waals surface area contributed by atoms with E-state index < -0.39 is 0 Å². The van der Waals surface area contributed by atoms with Gasteiger partial charge in [-0.05, 0) is 215 Å². The van der Waals surface area contributed by atoms with Crippen molar-refractivity contribution in [1.29, 1.82) is 0 Å². The first kappa shape index (κ1) is 60.4. The fraction of sp³-hybridized carbons (Fsp3) is 0.253. The molecule has 13 aromatic carbocycles. The van der Waals surface area contributed by atoms with E-state index in [0.717, 1.165) is 42.5 Å². The third-order valence-electron chi connectivity index (χ3n) is 24.9. The third kappa shape index (κ3) is 8.60. The van der Waals surface area contributed by atoms with Crippen molar-refractivity contribution in [2.24, 2.45) is 0 Å². The normalized spacial score (nSPS) is 16.5. The van der Waals surface area contributed by atoms with Gasteiger partial charge in [0, 0.05) is 73.4 Å². The molecule has 99 heavy (non-hydrogen) atoms. The number of hydrogen-bond donors (Lipinski definition) is 0. The Hall–Kier alpha value is -9.77. The van der Waals surface area contributed by atoms with Gasteiger partial charge in [0.1, 0.15) is 0 Å². The van der Waals surface area contributed by atoms with Gasteiger partial charge < -0.3 is 9.47 Å². The molecular formula is C95H86BN3. The molecular weight excluding hydrogens is 1190 g/mol. The lowest BCUT2D eigenvalue weighted by Crippen LogP contribution is -2.60. The summed E-state index contributed by atoms with van der Waals surface area (Å²) in [7, 11) is 0. The van der Waals surface area contributed by atoms with Gasteiger partial charge in [-0.25, -0.2) is 0 Å². The molecule has 0 saturated carbocycles. The van der Waals surface area contributed by atoms with Gasteiger partial charge in [0.15, 0.2) is 0 Å². The van der Waals surface area contributed by atoms with Crippen molar-refractivity contribution in [2.45, 2.75) is 155 Å². The molecule has 0 N–H and O–H groups in total. The summed E-state index contributed by atoms with van der Waals surface area (Å²) in [6.45, 7) is 33.7. The molecule has 0 amide bonds. The Morgan fingerprint density at radius 2 is 0.798 bits per heavy atom. The summed E-state index contributed by atoms with van der Waals surface area (Å²) in [6, 6.07) is 81.9. The largest absolute Gasteiger partial charge is 0.311 e. The topological polar surface area (TPSA) is 21.1 Å². The first-order valence-corrected chi connectivity index (χ1v) is 36.5. The summed E-state index contributed by atoms with van der Waals surface area (Å²) < 4.78 is 2.78. The zero-order valence-corrected chi connectivity index (χ0v) is 60.0. The van der Waals surface area contributed by atoms with Crippen LogP contribution in [0.1, 0.15) is 156 Å². The summed E-state index contributed by atoms with van der Waals surface area (Å²) >= 11 is 0. The van der Waals surface area contributed by atoms with Gasteiger partial charge >= 0.3 is 0 Å². The number of rotatable bonds is 4. The van der Waals surface area contributed by atoms with Crippen molar-refractivity contribution in [1.82, 2.24) is 9.55 Å². The van der Waals surface area contributed by atoms with Crippen LogP contribution in [0, 0.1) is 0 Å². The van der Waals surface area contributed by atoms with Crippen molar-refractivity contribution in [3.8, 4) is 39.1 Å². The summed E-state index contributed by atoms with van der Waals surface area (Å²) in [6.07, 6.45) is 8.99. The number of hydrogen-bond acceptors (Lipinski definition) is 2. The zero-order chi connectivity index (χ0) is 67.9. The van der Waals surface area contributed by atoms with Gasteiger partial charge in [0.05, 0.1) is 11.0 Å². The van der Waals surface area contributed by atoms with E-state index in [9.17, 15) is 0 Å². The van der Waals surface area contributed by atoms with E-state index in [4.69, 9.17) is 4.98 Å². The molecule has 2 aromatic heterocycles. The highest BCUT2D eigenvalue weighted by Gasteiger charge is 2.46. The van der Waals surface area contributed by atoms with E-state index >= 15 is 0 Å². The number of benzene rings is 13. The van der Waals surface area contributed by atoms with Gasteiger partial charge in [-0.3, -0.25) is 4.98 Å². The number of nitrogens with zero attached hydrogens (tertiary/aromatic N) is 3. The minimum absolute atomic E-state index is 0.00491. The SMILES string of the molecule is CC(C)(C)c1ccc(N2c3ccc(C(C)(C)C)cc3B3c4c2cc(-c2c(-c5ccc6c(c5)C(C)(C)CCC6(C)C)cncc2-c2ccc5c(c2)C(C)(C)CCC5(C)C)cc4-n2c4ccc5c6ccccc6c6ccccc6c5c4c4c5c6ccccc6c6ccccc6c5cc3c42)cc1. The van der Waals surface area contributed by atoms with Crippen molar-refractivity contribution in [3.05, 3.63) is 252 Å². The fourth-order valence-corrected chi connectivity index (χ4v) is 19.2. The third-order valence-corrected chi connectivity index (χ3v) is 24.9. The van der Waals surface area contributed by atoms with E-state index in [1.54, 1.807) is 0 Å². The summed E-state index contributed by atoms with van der Waals surface area (Å²) in [5.74, 6) is 0. The van der Waals surface area contributed by atoms with Crippen LogP contribution in [-0.4, -0.2) is 16.3 Å². The molecule has 4 heterocycles. The van der Waals surface area contributed by atoms with Gasteiger partial charge in [0.2, 0.25) is 0 Å². The van der Waals surface area contributed by atoms with Crippen LogP contribution in [0.4, 0.5) is 17.1 Å². The Morgan fingerprint density at radius 3 is 1.31 bits per heavy atom. The Bertz CT molecular complexity index is 5940. The lowest BCUT2D eigenvalue weighted by molar-refractivity contribution is 0.332. The van der Waals surface area contributed by atoms with Crippen LogP contribution in [0.15, 0.2) is 219 Å². The highest BCUT2D eigenvalue weighted by molar-refractivity contribution is 7.00. The van der Waals surface area contributed by atoms with Gasteiger partial charge in [-0.2, -0.15) is 0 Å². The van der Waals surface area contributed by atoms with Crippen LogP contribution >= 0.6 is 0 Å².